The highest BCUT2D eigenvalue weighted by Gasteiger charge is 2.43. The first-order valence-electron chi connectivity index (χ1n) is 10.5. The summed E-state index contributed by atoms with van der Waals surface area (Å²) in [5, 5.41) is 2.69. The summed E-state index contributed by atoms with van der Waals surface area (Å²) >= 11 is 0. The van der Waals surface area contributed by atoms with Crippen LogP contribution in [-0.4, -0.2) is 41.2 Å². The van der Waals surface area contributed by atoms with Crippen molar-refractivity contribution in [2.24, 2.45) is 0 Å². The van der Waals surface area contributed by atoms with Crippen molar-refractivity contribution >= 4 is 29.4 Å². The van der Waals surface area contributed by atoms with Crippen molar-refractivity contribution < 1.29 is 23.9 Å². The summed E-state index contributed by atoms with van der Waals surface area (Å²) in [4.78, 5) is 52.3. The first-order valence-corrected chi connectivity index (χ1v) is 10.5. The van der Waals surface area contributed by atoms with Crippen molar-refractivity contribution in [3.05, 3.63) is 101 Å². The minimum Gasteiger partial charge on any atom is -0.454 e. The predicted molar refractivity (Wildman–Crippen MR) is 122 cm³/mol. The second-order valence-corrected chi connectivity index (χ2v) is 7.70. The number of carbonyl (C=O) groups is 4. The van der Waals surface area contributed by atoms with E-state index in [4.69, 9.17) is 4.74 Å². The molecule has 0 aromatic heterocycles. The Bertz CT molecular complexity index is 1190. The summed E-state index contributed by atoms with van der Waals surface area (Å²) in [7, 11) is 0. The van der Waals surface area contributed by atoms with Gasteiger partial charge in [0.05, 0.1) is 11.1 Å². The van der Waals surface area contributed by atoms with E-state index in [1.165, 1.54) is 0 Å². The monoisotopic (exact) mass is 442 g/mol. The largest absolute Gasteiger partial charge is 0.454 e. The number of hydrogen-bond acceptors (Lipinski definition) is 5. The molecule has 0 spiro atoms. The molecular weight excluding hydrogens is 420 g/mol. The van der Waals surface area contributed by atoms with E-state index >= 15 is 0 Å². The summed E-state index contributed by atoms with van der Waals surface area (Å²) in [6.07, 6.45) is 0.0740. The fraction of sp³-hybridized carbons (Fsp3) is 0.154. The zero-order valence-corrected chi connectivity index (χ0v) is 18.0. The molecule has 7 nitrogen and oxygen atoms in total. The van der Waals surface area contributed by atoms with Crippen LogP contribution in [0.5, 0.6) is 0 Å². The number of rotatable bonds is 7. The molecular formula is C26H22N2O5. The average Bonchev–Trinajstić information content (AvgIpc) is 3.08. The van der Waals surface area contributed by atoms with Crippen LogP contribution in [0.2, 0.25) is 0 Å². The number of para-hydroxylation sites is 1. The Morgan fingerprint density at radius 2 is 1.42 bits per heavy atom. The molecule has 3 amide bonds. The number of fused-ring (bicyclic) bond motifs is 1. The molecule has 33 heavy (non-hydrogen) atoms. The fourth-order valence-corrected chi connectivity index (χ4v) is 3.74. The van der Waals surface area contributed by atoms with Crippen LogP contribution in [0.15, 0.2) is 78.9 Å². The summed E-state index contributed by atoms with van der Waals surface area (Å²) in [5.41, 5.74) is 2.71. The van der Waals surface area contributed by atoms with Gasteiger partial charge in [-0.15, -0.1) is 0 Å². The average molecular weight is 442 g/mol. The molecule has 0 saturated carbocycles. The van der Waals surface area contributed by atoms with E-state index in [-0.39, 0.29) is 17.5 Å². The molecule has 1 aliphatic heterocycles. The van der Waals surface area contributed by atoms with E-state index in [0.717, 1.165) is 16.0 Å². The number of nitrogens with zero attached hydrogens (tertiary/aromatic N) is 1. The minimum atomic E-state index is -1.20. The van der Waals surface area contributed by atoms with E-state index in [0.29, 0.717) is 5.69 Å². The van der Waals surface area contributed by atoms with Crippen LogP contribution in [0.3, 0.4) is 0 Å². The molecule has 0 bridgehead atoms. The van der Waals surface area contributed by atoms with Gasteiger partial charge >= 0.3 is 5.97 Å². The predicted octanol–water partition coefficient (Wildman–Crippen LogP) is 3.38. The second kappa shape index (κ2) is 9.48. The smallest absolute Gasteiger partial charge is 0.330 e. The Labute approximate surface area is 191 Å². The highest BCUT2D eigenvalue weighted by atomic mass is 16.5. The van der Waals surface area contributed by atoms with Crippen LogP contribution in [0.1, 0.15) is 31.8 Å². The van der Waals surface area contributed by atoms with Crippen molar-refractivity contribution in [2.75, 3.05) is 11.9 Å². The van der Waals surface area contributed by atoms with Crippen LogP contribution in [-0.2, 0) is 20.7 Å². The number of ether oxygens (including phenoxy) is 1. The molecule has 0 radical (unpaired) electrons. The van der Waals surface area contributed by atoms with Crippen LogP contribution >= 0.6 is 0 Å². The molecule has 1 atom stereocenters. The molecule has 3 aromatic rings. The van der Waals surface area contributed by atoms with E-state index in [9.17, 15) is 19.2 Å². The van der Waals surface area contributed by atoms with Crippen molar-refractivity contribution in [1.29, 1.82) is 0 Å². The molecule has 166 valence electrons. The summed E-state index contributed by atoms with van der Waals surface area (Å²) in [5.74, 6) is -2.46. The summed E-state index contributed by atoms with van der Waals surface area (Å²) < 4.78 is 5.26. The van der Waals surface area contributed by atoms with Gasteiger partial charge in [-0.05, 0) is 36.2 Å². The van der Waals surface area contributed by atoms with Gasteiger partial charge in [0.25, 0.3) is 17.7 Å². The van der Waals surface area contributed by atoms with Gasteiger partial charge < -0.3 is 10.1 Å². The number of carbonyl (C=O) groups excluding carboxylic acids is 4. The first-order chi connectivity index (χ1) is 16.0. The number of aryl methyl sites for hydroxylation is 1. The van der Waals surface area contributed by atoms with E-state index in [1.54, 1.807) is 60.7 Å². The highest BCUT2D eigenvalue weighted by Crippen LogP contribution is 2.26. The third kappa shape index (κ3) is 4.67. The zero-order valence-electron chi connectivity index (χ0n) is 18.0. The maximum absolute atomic E-state index is 13.1. The first kappa shape index (κ1) is 22.0. The van der Waals surface area contributed by atoms with Crippen molar-refractivity contribution in [1.82, 2.24) is 4.90 Å². The lowest BCUT2D eigenvalue weighted by Crippen LogP contribution is -2.47. The number of imide groups is 1. The Kier molecular flexibility index (Phi) is 6.31. The zero-order chi connectivity index (χ0) is 23.4. The molecule has 0 aliphatic carbocycles. The van der Waals surface area contributed by atoms with E-state index in [1.807, 2.05) is 25.1 Å². The number of anilines is 1. The van der Waals surface area contributed by atoms with Gasteiger partial charge in [0.1, 0.15) is 6.04 Å². The molecule has 0 unspecified atom stereocenters. The lowest BCUT2D eigenvalue weighted by atomic mass is 10.0. The van der Waals surface area contributed by atoms with Gasteiger partial charge in [-0.1, -0.05) is 60.7 Å². The molecule has 1 heterocycles. The third-order valence-electron chi connectivity index (χ3n) is 5.45. The molecule has 1 aliphatic rings. The molecule has 7 heteroatoms. The lowest BCUT2D eigenvalue weighted by Gasteiger charge is -2.24. The van der Waals surface area contributed by atoms with Crippen LogP contribution in [0.4, 0.5) is 5.69 Å². The molecule has 3 aromatic carbocycles. The highest BCUT2D eigenvalue weighted by molar-refractivity contribution is 6.22. The SMILES string of the molecule is Cc1ccccc1NC(=O)COC(=O)[C@@H](Cc1ccccc1)N1C(=O)c2ccccc2C1=O. The van der Waals surface area contributed by atoms with Gasteiger partial charge in [-0.3, -0.25) is 19.3 Å². The Balaban J connectivity index is 1.52. The van der Waals surface area contributed by atoms with Crippen molar-refractivity contribution in [2.45, 2.75) is 19.4 Å². The number of amides is 3. The summed E-state index contributed by atoms with van der Waals surface area (Å²) in [6, 6.07) is 21.5. The normalized spacial score (nSPS) is 13.4. The molecule has 4 rings (SSSR count). The van der Waals surface area contributed by atoms with E-state index in [2.05, 4.69) is 5.32 Å². The standard InChI is InChI=1S/C26H22N2O5/c1-17-9-5-8-14-21(17)27-23(29)16-33-26(32)22(15-18-10-3-2-4-11-18)28-24(30)19-12-6-7-13-20(19)25(28)31/h2-14,22H,15-16H2,1H3,(H,27,29)/t22-/m1/s1. The Morgan fingerprint density at radius 1 is 0.848 bits per heavy atom. The molecule has 0 saturated heterocycles. The minimum absolute atomic E-state index is 0.0740. The summed E-state index contributed by atoms with van der Waals surface area (Å²) in [6.45, 7) is 1.31. The third-order valence-corrected chi connectivity index (χ3v) is 5.45. The van der Waals surface area contributed by atoms with Gasteiger partial charge in [0, 0.05) is 12.1 Å². The Hall–Kier alpha value is -4.26. The maximum Gasteiger partial charge on any atom is 0.330 e. The Morgan fingerprint density at radius 3 is 2.06 bits per heavy atom. The number of esters is 1. The second-order valence-electron chi connectivity index (χ2n) is 7.70. The van der Waals surface area contributed by atoms with Gasteiger partial charge in [0.2, 0.25) is 0 Å². The number of nitrogens with one attached hydrogen (secondary N) is 1. The van der Waals surface area contributed by atoms with Crippen molar-refractivity contribution in [3.8, 4) is 0 Å². The van der Waals surface area contributed by atoms with Gasteiger partial charge in [-0.2, -0.15) is 0 Å². The van der Waals surface area contributed by atoms with Gasteiger partial charge in [0.15, 0.2) is 6.61 Å². The number of benzene rings is 3. The van der Waals surface area contributed by atoms with Crippen LogP contribution < -0.4 is 5.32 Å². The molecule has 0 fully saturated rings. The van der Waals surface area contributed by atoms with Crippen molar-refractivity contribution in [3.63, 3.8) is 0 Å². The van der Waals surface area contributed by atoms with Gasteiger partial charge in [-0.25, -0.2) is 4.79 Å². The maximum atomic E-state index is 13.1. The van der Waals surface area contributed by atoms with Crippen LogP contribution in [0, 0.1) is 6.92 Å². The van der Waals surface area contributed by atoms with Crippen LogP contribution in [0.25, 0.3) is 0 Å². The fourth-order valence-electron chi connectivity index (χ4n) is 3.74. The van der Waals surface area contributed by atoms with E-state index < -0.39 is 36.3 Å². The molecule has 1 N–H and O–H groups in total. The number of hydrogen-bond donors (Lipinski definition) is 1. The topological polar surface area (TPSA) is 92.8 Å². The lowest BCUT2D eigenvalue weighted by molar-refractivity contribution is -0.151. The quantitative estimate of drug-likeness (QED) is 0.447.